The Morgan fingerprint density at radius 1 is 1.04 bits per heavy atom. The molecule has 1 N–H and O–H groups in total. The zero-order chi connectivity index (χ0) is 16.9. The van der Waals surface area contributed by atoms with Gasteiger partial charge in [0.05, 0.1) is 5.60 Å². The first-order valence-corrected chi connectivity index (χ1v) is 8.57. The molecule has 0 unspecified atom stereocenters. The number of benzene rings is 2. The molecule has 1 aliphatic carbocycles. The van der Waals surface area contributed by atoms with Gasteiger partial charge in [-0.15, -0.1) is 0 Å². The number of aliphatic hydroxyl groups is 1. The second kappa shape index (κ2) is 5.51. The van der Waals surface area contributed by atoms with Gasteiger partial charge in [-0.1, -0.05) is 29.8 Å². The van der Waals surface area contributed by atoms with Gasteiger partial charge in [0, 0.05) is 15.6 Å². The molecule has 122 valence electrons. The van der Waals surface area contributed by atoms with Crippen LogP contribution < -0.4 is 10.6 Å². The molecule has 0 radical (unpaired) electrons. The molecule has 1 heterocycles. The third-order valence-corrected chi connectivity index (χ3v) is 4.79. The van der Waals surface area contributed by atoms with Gasteiger partial charge in [0.25, 0.3) is 0 Å². The zero-order valence-electron chi connectivity index (χ0n) is 13.8. The van der Waals surface area contributed by atoms with Crippen molar-refractivity contribution in [1.82, 2.24) is 0 Å². The molecule has 2 aromatic carbocycles. The van der Waals surface area contributed by atoms with Gasteiger partial charge in [0.15, 0.2) is 0 Å². The Kier molecular flexibility index (Phi) is 3.56. The summed E-state index contributed by atoms with van der Waals surface area (Å²) in [6, 6.07) is 11.9. The Hall–Kier alpha value is -2.03. The first kappa shape index (κ1) is 15.5. The fourth-order valence-electron chi connectivity index (χ4n) is 3.38. The summed E-state index contributed by atoms with van der Waals surface area (Å²) in [7, 11) is 0. The van der Waals surface area contributed by atoms with Crippen molar-refractivity contribution in [2.45, 2.75) is 32.3 Å². The molecule has 1 aromatic heterocycles. The van der Waals surface area contributed by atoms with Crippen LogP contribution in [0.2, 0.25) is 5.02 Å². The van der Waals surface area contributed by atoms with Crippen LogP contribution in [0.25, 0.3) is 34.2 Å². The minimum absolute atomic E-state index is 0.626. The molecular formula is C21H19ClO2. The summed E-state index contributed by atoms with van der Waals surface area (Å²) >= 11 is 6.15. The second-order valence-electron chi connectivity index (χ2n) is 6.83. The molecule has 0 saturated heterocycles. The van der Waals surface area contributed by atoms with Crippen LogP contribution in [0, 0.1) is 0 Å². The summed E-state index contributed by atoms with van der Waals surface area (Å²) in [4.78, 5) is 0. The Morgan fingerprint density at radius 2 is 1.83 bits per heavy atom. The monoisotopic (exact) mass is 338 g/mol. The average Bonchev–Trinajstić information content (AvgIpc) is 2.92. The first-order valence-electron chi connectivity index (χ1n) is 8.19. The van der Waals surface area contributed by atoms with Crippen LogP contribution in [0.4, 0.5) is 0 Å². The van der Waals surface area contributed by atoms with E-state index >= 15 is 0 Å². The Morgan fingerprint density at radius 3 is 2.62 bits per heavy atom. The van der Waals surface area contributed by atoms with Gasteiger partial charge in [0.1, 0.15) is 11.0 Å². The Balaban J connectivity index is 1.99. The lowest BCUT2D eigenvalue weighted by molar-refractivity contribution is 0.0792. The van der Waals surface area contributed by atoms with E-state index in [1.807, 2.05) is 30.3 Å². The van der Waals surface area contributed by atoms with E-state index in [1.165, 1.54) is 5.22 Å². The fourth-order valence-corrected chi connectivity index (χ4v) is 3.55. The van der Waals surface area contributed by atoms with Crippen molar-refractivity contribution in [3.63, 3.8) is 0 Å². The van der Waals surface area contributed by atoms with Crippen LogP contribution in [-0.4, -0.2) is 5.11 Å². The van der Waals surface area contributed by atoms with Crippen molar-refractivity contribution < 1.29 is 9.52 Å². The van der Waals surface area contributed by atoms with Crippen molar-refractivity contribution in [2.75, 3.05) is 0 Å². The Bertz CT molecular complexity index is 1050. The molecule has 24 heavy (non-hydrogen) atoms. The molecule has 4 rings (SSSR count). The molecular weight excluding hydrogens is 320 g/mol. The van der Waals surface area contributed by atoms with E-state index in [1.54, 1.807) is 13.8 Å². The van der Waals surface area contributed by atoms with Crippen LogP contribution in [0.1, 0.15) is 32.3 Å². The van der Waals surface area contributed by atoms with E-state index < -0.39 is 5.60 Å². The number of fused-ring (bicyclic) bond motifs is 3. The number of rotatable bonds is 2. The van der Waals surface area contributed by atoms with E-state index in [0.717, 1.165) is 45.9 Å². The van der Waals surface area contributed by atoms with Crippen LogP contribution in [0.5, 0.6) is 0 Å². The maximum atomic E-state index is 10.5. The highest BCUT2D eigenvalue weighted by Gasteiger charge is 2.21. The standard InChI is InChI=1S/C21H19ClO2/c1-21(2,23)18-12-14(22)8-9-15(18)13-7-10-20-17(11-13)16-5-3-4-6-19(16)24-20/h5-12,23H,3-4H2,1-2H3. The second-order valence-corrected chi connectivity index (χ2v) is 7.26. The maximum absolute atomic E-state index is 10.5. The van der Waals surface area contributed by atoms with E-state index in [4.69, 9.17) is 16.0 Å². The topological polar surface area (TPSA) is 33.4 Å². The summed E-state index contributed by atoms with van der Waals surface area (Å²) in [6.07, 6.45) is 6.46. The highest BCUT2D eigenvalue weighted by atomic mass is 35.5. The lowest BCUT2D eigenvalue weighted by Gasteiger charge is -2.22. The van der Waals surface area contributed by atoms with Gasteiger partial charge in [-0.2, -0.15) is 0 Å². The molecule has 0 spiro atoms. The normalized spacial score (nSPS) is 14.2. The number of halogens is 1. The number of furan rings is 1. The molecule has 0 aliphatic heterocycles. The van der Waals surface area contributed by atoms with Gasteiger partial charge in [-0.25, -0.2) is 0 Å². The van der Waals surface area contributed by atoms with E-state index in [0.29, 0.717) is 5.02 Å². The molecule has 3 heteroatoms. The largest absolute Gasteiger partial charge is 0.456 e. The van der Waals surface area contributed by atoms with E-state index in [2.05, 4.69) is 18.2 Å². The summed E-state index contributed by atoms with van der Waals surface area (Å²) in [5.74, 6) is 0. The third-order valence-electron chi connectivity index (χ3n) is 4.55. The molecule has 2 nitrogen and oxygen atoms in total. The highest BCUT2D eigenvalue weighted by Crippen LogP contribution is 2.34. The molecule has 0 atom stereocenters. The van der Waals surface area contributed by atoms with Crippen molar-refractivity contribution >= 4 is 34.7 Å². The summed E-state index contributed by atoms with van der Waals surface area (Å²) in [6.45, 7) is 3.56. The molecule has 3 aromatic rings. The van der Waals surface area contributed by atoms with E-state index in [9.17, 15) is 5.11 Å². The Labute approximate surface area is 145 Å². The molecule has 0 saturated carbocycles. The lowest BCUT2D eigenvalue weighted by Crippen LogP contribution is -2.22. The maximum Gasteiger partial charge on any atom is 0.135 e. The third kappa shape index (κ3) is 2.56. The van der Waals surface area contributed by atoms with Crippen LogP contribution >= 0.6 is 11.6 Å². The van der Waals surface area contributed by atoms with Gasteiger partial charge in [0.2, 0.25) is 0 Å². The van der Waals surface area contributed by atoms with Crippen molar-refractivity contribution in [1.29, 1.82) is 0 Å². The number of hydrogen-bond donors (Lipinski definition) is 1. The average molecular weight is 339 g/mol. The minimum Gasteiger partial charge on any atom is -0.456 e. The summed E-state index contributed by atoms with van der Waals surface area (Å²) in [5.41, 5.74) is 3.76. The first-order chi connectivity index (χ1) is 11.4. The van der Waals surface area contributed by atoms with Crippen molar-refractivity contribution in [2.24, 2.45) is 0 Å². The molecule has 0 fully saturated rings. The number of hydrogen-bond acceptors (Lipinski definition) is 2. The SMILES string of the molecule is CC(C)(O)c1cc(Cl)ccc1-c1ccc2oc3c(c2c1)=CCCC=3. The predicted octanol–water partition coefficient (Wildman–Crippen LogP) is 4.34. The van der Waals surface area contributed by atoms with Gasteiger partial charge in [-0.3, -0.25) is 0 Å². The lowest BCUT2D eigenvalue weighted by atomic mass is 9.89. The summed E-state index contributed by atoms with van der Waals surface area (Å²) in [5, 5.41) is 13.5. The van der Waals surface area contributed by atoms with E-state index in [-0.39, 0.29) is 0 Å². The minimum atomic E-state index is -0.967. The highest BCUT2D eigenvalue weighted by molar-refractivity contribution is 6.30. The smallest absolute Gasteiger partial charge is 0.135 e. The zero-order valence-corrected chi connectivity index (χ0v) is 14.5. The van der Waals surface area contributed by atoms with Gasteiger partial charge in [-0.05, 0) is 73.7 Å². The van der Waals surface area contributed by atoms with Crippen LogP contribution in [0.15, 0.2) is 40.8 Å². The molecule has 0 bridgehead atoms. The molecule has 1 aliphatic rings. The molecule has 0 amide bonds. The van der Waals surface area contributed by atoms with Gasteiger partial charge < -0.3 is 9.52 Å². The van der Waals surface area contributed by atoms with Crippen LogP contribution in [0.3, 0.4) is 0 Å². The fraction of sp³-hybridized carbons (Fsp3) is 0.238. The van der Waals surface area contributed by atoms with Crippen LogP contribution in [-0.2, 0) is 5.60 Å². The summed E-state index contributed by atoms with van der Waals surface area (Å²) < 4.78 is 5.94. The quantitative estimate of drug-likeness (QED) is 0.754. The van der Waals surface area contributed by atoms with Crippen molar-refractivity contribution in [3.8, 4) is 11.1 Å². The predicted molar refractivity (Wildman–Crippen MR) is 99.3 cm³/mol. The van der Waals surface area contributed by atoms with Gasteiger partial charge >= 0.3 is 0 Å². The van der Waals surface area contributed by atoms with Crippen molar-refractivity contribution in [3.05, 3.63) is 57.6 Å².